The smallest absolute Gasteiger partial charge is 0.325 e. The molecule has 1 aliphatic carbocycles. The van der Waals surface area contributed by atoms with Crippen molar-refractivity contribution in [3.05, 3.63) is 0 Å². The van der Waals surface area contributed by atoms with E-state index in [1.54, 1.807) is 0 Å². The van der Waals surface area contributed by atoms with Crippen LogP contribution >= 0.6 is 11.6 Å². The highest BCUT2D eigenvalue weighted by Gasteiger charge is 2.43. The monoisotopic (exact) mass is 297 g/mol. The minimum absolute atomic E-state index is 0.0390. The van der Waals surface area contributed by atoms with E-state index in [1.165, 1.54) is 6.42 Å². The third kappa shape index (κ3) is 3.57. The second-order valence-electron chi connectivity index (χ2n) is 4.58. The predicted molar refractivity (Wildman–Crippen MR) is 65.9 cm³/mol. The molecule has 1 saturated carbocycles. The Hall–Kier alpha value is -0.370. The Kier molecular flexibility index (Phi) is 4.15. The zero-order valence-corrected chi connectivity index (χ0v) is 11.7. The number of nitrogens with zero attached hydrogens (tertiary/aromatic N) is 1. The van der Waals surface area contributed by atoms with Crippen molar-refractivity contribution in [2.45, 2.75) is 44.0 Å². The number of halogens is 1. The summed E-state index contributed by atoms with van der Waals surface area (Å²) in [5.74, 6) is -0.566. The van der Waals surface area contributed by atoms with Crippen molar-refractivity contribution >= 4 is 26.9 Å². The largest absolute Gasteiger partial charge is 0.347 e. The molecule has 1 aliphatic heterocycles. The maximum Gasteiger partial charge on any atom is 0.325 e. The van der Waals surface area contributed by atoms with E-state index in [-0.39, 0.29) is 11.8 Å². The quantitative estimate of drug-likeness (QED) is 0.584. The van der Waals surface area contributed by atoms with Gasteiger partial charge in [0.15, 0.2) is 11.0 Å². The summed E-state index contributed by atoms with van der Waals surface area (Å²) in [5, 5.41) is 3.31. The van der Waals surface area contributed by atoms with Crippen LogP contribution in [0, 0.1) is 0 Å². The summed E-state index contributed by atoms with van der Waals surface area (Å²) >= 11 is 5.85. The minimum Gasteiger partial charge on any atom is -0.347 e. The first kappa shape index (κ1) is 14.0. The zero-order chi connectivity index (χ0) is 13.2. The molecule has 0 aromatic heterocycles. The zero-order valence-electron chi connectivity index (χ0n) is 10.1. The first-order chi connectivity index (χ1) is 8.40. The van der Waals surface area contributed by atoms with Gasteiger partial charge in [0, 0.05) is 12.8 Å². The maximum absolute atomic E-state index is 10.8. The van der Waals surface area contributed by atoms with Gasteiger partial charge in [-0.05, 0) is 12.8 Å². The van der Waals surface area contributed by atoms with Gasteiger partial charge in [-0.15, -0.1) is 0 Å². The van der Waals surface area contributed by atoms with Crippen molar-refractivity contribution in [2.24, 2.45) is 5.16 Å². The standard InChI is InChI=1S/C10H16ClNO5S/c1-18(13,14)17-12-9(11)8-7-15-10(16-8)5-3-2-4-6-10/h8H,2-7H2,1H3. The SMILES string of the molecule is CS(=O)(=O)ON=C(Cl)C1COC2(CCCCC2)O1. The number of oxime groups is 1. The molecule has 2 rings (SSSR count). The lowest BCUT2D eigenvalue weighted by molar-refractivity contribution is -0.181. The van der Waals surface area contributed by atoms with Gasteiger partial charge in [0.1, 0.15) is 6.10 Å². The van der Waals surface area contributed by atoms with Gasteiger partial charge in [-0.2, -0.15) is 8.42 Å². The maximum atomic E-state index is 10.8. The second kappa shape index (κ2) is 5.32. The van der Waals surface area contributed by atoms with Crippen LogP contribution in [-0.2, 0) is 23.9 Å². The Balaban J connectivity index is 1.95. The molecule has 0 bridgehead atoms. The van der Waals surface area contributed by atoms with E-state index in [0.717, 1.165) is 31.9 Å². The summed E-state index contributed by atoms with van der Waals surface area (Å²) in [5.41, 5.74) is 0. The molecule has 0 N–H and O–H groups in total. The van der Waals surface area contributed by atoms with Crippen LogP contribution in [0.15, 0.2) is 5.16 Å². The lowest BCUT2D eigenvalue weighted by atomic mass is 9.94. The molecule has 2 fully saturated rings. The molecule has 1 heterocycles. The Bertz CT molecular complexity index is 430. The summed E-state index contributed by atoms with van der Waals surface area (Å²) in [6.45, 7) is 0.273. The summed E-state index contributed by atoms with van der Waals surface area (Å²) in [6, 6.07) is 0. The summed E-state index contributed by atoms with van der Waals surface area (Å²) in [7, 11) is -3.65. The number of hydrogen-bond acceptors (Lipinski definition) is 6. The fourth-order valence-electron chi connectivity index (χ4n) is 2.19. The molecule has 1 unspecified atom stereocenters. The highest BCUT2D eigenvalue weighted by Crippen LogP contribution is 2.38. The van der Waals surface area contributed by atoms with E-state index in [0.29, 0.717) is 0 Å². The number of ether oxygens (including phenoxy) is 2. The van der Waals surface area contributed by atoms with E-state index in [2.05, 4.69) is 9.44 Å². The van der Waals surface area contributed by atoms with E-state index in [4.69, 9.17) is 21.1 Å². The molecule has 104 valence electrons. The minimum atomic E-state index is -3.65. The molecule has 0 radical (unpaired) electrons. The van der Waals surface area contributed by atoms with Gasteiger partial charge in [0.2, 0.25) is 0 Å². The lowest BCUT2D eigenvalue weighted by Crippen LogP contribution is -2.34. The van der Waals surface area contributed by atoms with Crippen molar-refractivity contribution in [3.8, 4) is 0 Å². The van der Waals surface area contributed by atoms with Crippen LogP contribution in [0.5, 0.6) is 0 Å². The van der Waals surface area contributed by atoms with Gasteiger partial charge in [0.25, 0.3) is 0 Å². The Morgan fingerprint density at radius 1 is 1.39 bits per heavy atom. The van der Waals surface area contributed by atoms with E-state index in [9.17, 15) is 8.42 Å². The Morgan fingerprint density at radius 2 is 2.06 bits per heavy atom. The van der Waals surface area contributed by atoms with Crippen LogP contribution in [0.25, 0.3) is 0 Å². The molecule has 1 spiro atoms. The lowest BCUT2D eigenvalue weighted by Gasteiger charge is -2.31. The second-order valence-corrected chi connectivity index (χ2v) is 6.53. The molecule has 18 heavy (non-hydrogen) atoms. The fraction of sp³-hybridized carbons (Fsp3) is 0.900. The van der Waals surface area contributed by atoms with Crippen LogP contribution in [0.3, 0.4) is 0 Å². The Morgan fingerprint density at radius 3 is 2.67 bits per heavy atom. The van der Waals surface area contributed by atoms with E-state index >= 15 is 0 Å². The molecular weight excluding hydrogens is 282 g/mol. The fourth-order valence-corrected chi connectivity index (χ4v) is 2.59. The molecule has 0 aromatic rings. The van der Waals surface area contributed by atoms with Crippen molar-refractivity contribution in [2.75, 3.05) is 12.9 Å². The van der Waals surface area contributed by atoms with Gasteiger partial charge in [0.05, 0.1) is 12.9 Å². The molecular formula is C10H16ClNO5S. The van der Waals surface area contributed by atoms with Gasteiger partial charge in [-0.1, -0.05) is 23.2 Å². The van der Waals surface area contributed by atoms with Crippen LogP contribution < -0.4 is 0 Å². The molecule has 0 amide bonds. The molecule has 2 aliphatic rings. The number of hydrogen-bond donors (Lipinski definition) is 0. The highest BCUT2D eigenvalue weighted by molar-refractivity contribution is 7.85. The normalized spacial score (nSPS) is 28.6. The summed E-state index contributed by atoms with van der Waals surface area (Å²) in [4.78, 5) is 0. The van der Waals surface area contributed by atoms with E-state index in [1.807, 2.05) is 0 Å². The van der Waals surface area contributed by atoms with Crippen LogP contribution in [0.4, 0.5) is 0 Å². The molecule has 1 atom stereocenters. The van der Waals surface area contributed by atoms with Gasteiger partial charge < -0.3 is 9.47 Å². The van der Waals surface area contributed by atoms with Crippen molar-refractivity contribution < 1.29 is 22.2 Å². The van der Waals surface area contributed by atoms with Crippen molar-refractivity contribution in [3.63, 3.8) is 0 Å². The van der Waals surface area contributed by atoms with Crippen molar-refractivity contribution in [1.29, 1.82) is 0 Å². The number of rotatable bonds is 3. The topological polar surface area (TPSA) is 74.2 Å². The van der Waals surface area contributed by atoms with Crippen LogP contribution in [-0.4, -0.2) is 38.3 Å². The third-order valence-corrected chi connectivity index (χ3v) is 3.65. The summed E-state index contributed by atoms with van der Waals surface area (Å²) in [6.07, 6.45) is 5.31. The highest BCUT2D eigenvalue weighted by atomic mass is 35.5. The molecule has 8 heteroatoms. The first-order valence-electron chi connectivity index (χ1n) is 5.84. The average Bonchev–Trinajstić information content (AvgIpc) is 2.70. The first-order valence-corrected chi connectivity index (χ1v) is 8.03. The van der Waals surface area contributed by atoms with Gasteiger partial charge >= 0.3 is 10.1 Å². The van der Waals surface area contributed by atoms with Crippen LogP contribution in [0.1, 0.15) is 32.1 Å². The van der Waals surface area contributed by atoms with Gasteiger partial charge in [-0.25, -0.2) is 0 Å². The summed E-state index contributed by atoms with van der Waals surface area (Å²) < 4.78 is 37.3. The van der Waals surface area contributed by atoms with Crippen molar-refractivity contribution in [1.82, 2.24) is 0 Å². The Labute approximate surface area is 111 Å². The molecule has 0 aromatic carbocycles. The third-order valence-electron chi connectivity index (χ3n) is 3.00. The molecule has 6 nitrogen and oxygen atoms in total. The van der Waals surface area contributed by atoms with E-state index < -0.39 is 22.0 Å². The van der Waals surface area contributed by atoms with Gasteiger partial charge in [-0.3, -0.25) is 4.28 Å². The average molecular weight is 298 g/mol. The molecule has 1 saturated heterocycles. The van der Waals surface area contributed by atoms with Crippen LogP contribution in [0.2, 0.25) is 0 Å². The predicted octanol–water partition coefficient (Wildman–Crippen LogP) is 1.59.